The summed E-state index contributed by atoms with van der Waals surface area (Å²) in [5, 5.41) is 0.331. The first kappa shape index (κ1) is 13.4. The molecule has 1 aliphatic heterocycles. The summed E-state index contributed by atoms with van der Waals surface area (Å²) in [4.78, 5) is 12.7. The lowest BCUT2D eigenvalue weighted by atomic mass is 10.0. The summed E-state index contributed by atoms with van der Waals surface area (Å²) >= 11 is 5.93. The predicted octanol–water partition coefficient (Wildman–Crippen LogP) is 1.63. The van der Waals surface area contributed by atoms with E-state index in [1.807, 2.05) is 7.05 Å². The molecule has 100 valence electrons. The van der Waals surface area contributed by atoms with Crippen LogP contribution in [-0.4, -0.2) is 47.6 Å². The van der Waals surface area contributed by atoms with E-state index in [1.54, 1.807) is 0 Å². The van der Waals surface area contributed by atoms with Crippen LogP contribution in [0, 0.1) is 0 Å². The van der Waals surface area contributed by atoms with Gasteiger partial charge in [-0.1, -0.05) is 18.5 Å². The lowest BCUT2D eigenvalue weighted by Gasteiger charge is -2.37. The Morgan fingerprint density at radius 3 is 2.72 bits per heavy atom. The maximum Gasteiger partial charge on any atom is 0.157 e. The molecule has 1 saturated heterocycles. The van der Waals surface area contributed by atoms with E-state index < -0.39 is 0 Å². The first-order chi connectivity index (χ1) is 8.63. The molecule has 2 heterocycles. The van der Waals surface area contributed by atoms with Gasteiger partial charge in [0.15, 0.2) is 11.0 Å². The van der Waals surface area contributed by atoms with Gasteiger partial charge in [0.25, 0.3) is 0 Å². The fourth-order valence-corrected chi connectivity index (χ4v) is 2.57. The Bertz CT molecular complexity index is 403. The molecule has 0 radical (unpaired) electrons. The summed E-state index contributed by atoms with van der Waals surface area (Å²) in [5.74, 6) is 0.741. The molecule has 1 aromatic heterocycles. The van der Waals surface area contributed by atoms with Gasteiger partial charge in [-0.3, -0.25) is 0 Å². The highest BCUT2D eigenvalue weighted by molar-refractivity contribution is 6.32. The summed E-state index contributed by atoms with van der Waals surface area (Å²) in [5.41, 5.74) is 6.41. The van der Waals surface area contributed by atoms with Crippen molar-refractivity contribution in [1.29, 1.82) is 0 Å². The van der Waals surface area contributed by atoms with Crippen molar-refractivity contribution < 1.29 is 0 Å². The summed E-state index contributed by atoms with van der Waals surface area (Å²) in [6.45, 7) is 5.58. The largest absolute Gasteiger partial charge is 0.393 e. The highest BCUT2D eigenvalue weighted by Crippen LogP contribution is 2.28. The molecule has 0 saturated carbocycles. The standard InChI is InChI=1S/C12H20ClN5/c1-3-18-6-4-9(5-7-18)17(2)12-10(14)11(13)15-8-16-12/h8-9H,3-7,14H2,1-2H3. The zero-order valence-corrected chi connectivity index (χ0v) is 11.7. The molecular weight excluding hydrogens is 250 g/mol. The maximum absolute atomic E-state index is 5.93. The molecule has 0 bridgehead atoms. The minimum absolute atomic E-state index is 0.331. The molecule has 1 fully saturated rings. The van der Waals surface area contributed by atoms with Crippen LogP contribution in [0.3, 0.4) is 0 Å². The minimum Gasteiger partial charge on any atom is -0.393 e. The SMILES string of the molecule is CCN1CCC(N(C)c2ncnc(Cl)c2N)CC1. The number of hydrogen-bond acceptors (Lipinski definition) is 5. The topological polar surface area (TPSA) is 58.3 Å². The van der Waals surface area contributed by atoms with Gasteiger partial charge in [-0.25, -0.2) is 9.97 Å². The number of nitrogens with two attached hydrogens (primary N) is 1. The van der Waals surface area contributed by atoms with E-state index in [0.717, 1.165) is 38.3 Å². The second-order valence-corrected chi connectivity index (χ2v) is 5.04. The van der Waals surface area contributed by atoms with E-state index >= 15 is 0 Å². The van der Waals surface area contributed by atoms with Crippen LogP contribution in [0.25, 0.3) is 0 Å². The molecule has 6 heteroatoms. The first-order valence-corrected chi connectivity index (χ1v) is 6.72. The average molecular weight is 270 g/mol. The number of likely N-dealkylation sites (tertiary alicyclic amines) is 1. The lowest BCUT2D eigenvalue weighted by Crippen LogP contribution is -2.43. The number of nitrogens with zero attached hydrogens (tertiary/aromatic N) is 4. The quantitative estimate of drug-likeness (QED) is 0.846. The average Bonchev–Trinajstić information content (AvgIpc) is 2.41. The Balaban J connectivity index is 2.08. The van der Waals surface area contributed by atoms with Crippen molar-refractivity contribution in [3.8, 4) is 0 Å². The monoisotopic (exact) mass is 269 g/mol. The number of hydrogen-bond donors (Lipinski definition) is 1. The van der Waals surface area contributed by atoms with Crippen molar-refractivity contribution in [2.24, 2.45) is 0 Å². The maximum atomic E-state index is 5.93. The Labute approximate surface area is 113 Å². The number of anilines is 2. The second kappa shape index (κ2) is 5.71. The van der Waals surface area contributed by atoms with E-state index in [4.69, 9.17) is 17.3 Å². The molecule has 0 atom stereocenters. The van der Waals surface area contributed by atoms with Crippen LogP contribution in [0.5, 0.6) is 0 Å². The van der Waals surface area contributed by atoms with Gasteiger partial charge >= 0.3 is 0 Å². The molecule has 1 aromatic rings. The van der Waals surface area contributed by atoms with Gasteiger partial charge in [0.05, 0.1) is 0 Å². The van der Waals surface area contributed by atoms with Crippen LogP contribution >= 0.6 is 11.6 Å². The summed E-state index contributed by atoms with van der Waals surface area (Å²) in [6, 6.07) is 0.473. The molecular formula is C12H20ClN5. The van der Waals surface area contributed by atoms with Crippen molar-refractivity contribution in [2.75, 3.05) is 37.3 Å². The number of rotatable bonds is 3. The third-order valence-electron chi connectivity index (χ3n) is 3.70. The van der Waals surface area contributed by atoms with Crippen molar-refractivity contribution in [3.05, 3.63) is 11.5 Å². The summed E-state index contributed by atoms with van der Waals surface area (Å²) < 4.78 is 0. The Morgan fingerprint density at radius 1 is 1.44 bits per heavy atom. The Morgan fingerprint density at radius 2 is 2.11 bits per heavy atom. The van der Waals surface area contributed by atoms with Crippen molar-refractivity contribution in [1.82, 2.24) is 14.9 Å². The van der Waals surface area contributed by atoms with E-state index in [-0.39, 0.29) is 0 Å². The molecule has 1 aliphatic rings. The van der Waals surface area contributed by atoms with Gasteiger partial charge in [-0.15, -0.1) is 0 Å². The fraction of sp³-hybridized carbons (Fsp3) is 0.667. The third-order valence-corrected chi connectivity index (χ3v) is 4.00. The molecule has 18 heavy (non-hydrogen) atoms. The van der Waals surface area contributed by atoms with E-state index in [1.165, 1.54) is 6.33 Å². The normalized spacial score (nSPS) is 17.9. The summed E-state index contributed by atoms with van der Waals surface area (Å²) in [6.07, 6.45) is 3.72. The minimum atomic E-state index is 0.331. The van der Waals surface area contributed by atoms with Crippen LogP contribution in [0.4, 0.5) is 11.5 Å². The molecule has 0 amide bonds. The van der Waals surface area contributed by atoms with Crippen LogP contribution in [-0.2, 0) is 0 Å². The molecule has 2 N–H and O–H groups in total. The molecule has 0 aromatic carbocycles. The van der Waals surface area contributed by atoms with Gasteiger partial charge in [0.2, 0.25) is 0 Å². The smallest absolute Gasteiger partial charge is 0.157 e. The van der Waals surface area contributed by atoms with Crippen LogP contribution < -0.4 is 10.6 Å². The van der Waals surface area contributed by atoms with Gasteiger partial charge in [0.1, 0.15) is 12.0 Å². The zero-order valence-electron chi connectivity index (χ0n) is 10.9. The highest BCUT2D eigenvalue weighted by Gasteiger charge is 2.24. The number of halogens is 1. The van der Waals surface area contributed by atoms with Crippen LogP contribution in [0.2, 0.25) is 5.15 Å². The van der Waals surface area contributed by atoms with Gasteiger partial charge in [0, 0.05) is 26.2 Å². The van der Waals surface area contributed by atoms with E-state index in [0.29, 0.717) is 16.9 Å². The fourth-order valence-electron chi connectivity index (χ4n) is 2.44. The molecule has 0 spiro atoms. The van der Waals surface area contributed by atoms with Crippen molar-refractivity contribution >= 4 is 23.1 Å². The Hall–Kier alpha value is -1.07. The van der Waals surface area contributed by atoms with Crippen LogP contribution in [0.15, 0.2) is 6.33 Å². The molecule has 2 rings (SSSR count). The molecule has 0 aliphatic carbocycles. The van der Waals surface area contributed by atoms with E-state index in [2.05, 4.69) is 26.7 Å². The second-order valence-electron chi connectivity index (χ2n) is 4.68. The van der Waals surface area contributed by atoms with Gasteiger partial charge < -0.3 is 15.5 Å². The predicted molar refractivity (Wildman–Crippen MR) is 75.0 cm³/mol. The third kappa shape index (κ3) is 2.67. The van der Waals surface area contributed by atoms with Gasteiger partial charge in [-0.05, 0) is 19.4 Å². The lowest BCUT2D eigenvalue weighted by molar-refractivity contribution is 0.220. The van der Waals surface area contributed by atoms with Crippen LogP contribution in [0.1, 0.15) is 19.8 Å². The van der Waals surface area contributed by atoms with Crippen molar-refractivity contribution in [3.63, 3.8) is 0 Å². The van der Waals surface area contributed by atoms with Crippen molar-refractivity contribution in [2.45, 2.75) is 25.8 Å². The number of nitrogen functional groups attached to an aromatic ring is 1. The first-order valence-electron chi connectivity index (χ1n) is 6.34. The molecule has 0 unspecified atom stereocenters. The highest BCUT2D eigenvalue weighted by atomic mass is 35.5. The molecule has 5 nitrogen and oxygen atoms in total. The number of aromatic nitrogens is 2. The Kier molecular flexibility index (Phi) is 4.24. The van der Waals surface area contributed by atoms with Gasteiger partial charge in [-0.2, -0.15) is 0 Å². The zero-order chi connectivity index (χ0) is 13.1. The number of piperidine rings is 1. The van der Waals surface area contributed by atoms with E-state index in [9.17, 15) is 0 Å². The summed E-state index contributed by atoms with van der Waals surface area (Å²) in [7, 11) is 2.03.